The van der Waals surface area contributed by atoms with Gasteiger partial charge in [0.05, 0.1) is 11.1 Å². The van der Waals surface area contributed by atoms with Crippen LogP contribution in [0.1, 0.15) is 36.2 Å². The molecule has 118 valence electrons. The average molecular weight is 305 g/mol. The number of hydrogen-bond donors (Lipinski definition) is 3. The Morgan fingerprint density at radius 3 is 2.38 bits per heavy atom. The Morgan fingerprint density at radius 2 is 1.90 bits per heavy atom. The van der Waals surface area contributed by atoms with E-state index in [1.54, 1.807) is 0 Å². The van der Waals surface area contributed by atoms with Crippen molar-refractivity contribution in [1.82, 2.24) is 0 Å². The Hall–Kier alpha value is -1.76. The zero-order valence-corrected chi connectivity index (χ0v) is 11.8. The molecule has 1 rings (SSSR count). The molecule has 4 nitrogen and oxygen atoms in total. The van der Waals surface area contributed by atoms with Crippen LogP contribution >= 0.6 is 0 Å². The standard InChI is InChI=1S/C14H18F3NO3/c1-13(2,5-6-19)8-18-9-3-4-10(12(20)21)11(7-9)14(15,16)17/h3-4,7,18-19H,5-6,8H2,1-2H3,(H,20,21). The van der Waals surface area contributed by atoms with Crippen LogP contribution in [0.5, 0.6) is 0 Å². The first kappa shape index (κ1) is 17.3. The topological polar surface area (TPSA) is 69.6 Å². The molecule has 0 aliphatic heterocycles. The van der Waals surface area contributed by atoms with Gasteiger partial charge in [-0.05, 0) is 30.0 Å². The lowest BCUT2D eigenvalue weighted by Gasteiger charge is -2.25. The maximum absolute atomic E-state index is 12.9. The molecule has 0 aliphatic rings. The van der Waals surface area contributed by atoms with Gasteiger partial charge in [0.15, 0.2) is 0 Å². The fourth-order valence-corrected chi connectivity index (χ4v) is 1.81. The minimum absolute atomic E-state index is 0.0135. The zero-order chi connectivity index (χ0) is 16.3. The number of benzene rings is 1. The highest BCUT2D eigenvalue weighted by Gasteiger charge is 2.35. The van der Waals surface area contributed by atoms with Gasteiger partial charge in [-0.2, -0.15) is 13.2 Å². The molecule has 0 heterocycles. The van der Waals surface area contributed by atoms with Gasteiger partial charge in [0.1, 0.15) is 0 Å². The minimum Gasteiger partial charge on any atom is -0.478 e. The predicted octanol–water partition coefficient (Wildman–Crippen LogP) is 3.22. The van der Waals surface area contributed by atoms with Gasteiger partial charge in [0.25, 0.3) is 0 Å². The van der Waals surface area contributed by atoms with Gasteiger partial charge < -0.3 is 15.5 Å². The van der Waals surface area contributed by atoms with Gasteiger partial charge in [-0.1, -0.05) is 13.8 Å². The lowest BCUT2D eigenvalue weighted by atomic mass is 9.89. The summed E-state index contributed by atoms with van der Waals surface area (Å²) < 4.78 is 38.6. The smallest absolute Gasteiger partial charge is 0.417 e. The zero-order valence-electron chi connectivity index (χ0n) is 11.8. The van der Waals surface area contributed by atoms with Crippen molar-refractivity contribution in [3.63, 3.8) is 0 Å². The second-order valence-electron chi connectivity index (χ2n) is 5.55. The largest absolute Gasteiger partial charge is 0.478 e. The Bertz CT molecular complexity index is 513. The third-order valence-electron chi connectivity index (χ3n) is 3.12. The highest BCUT2D eigenvalue weighted by atomic mass is 19.4. The van der Waals surface area contributed by atoms with Crippen LogP contribution < -0.4 is 5.32 Å². The Labute approximate surface area is 120 Å². The van der Waals surface area contributed by atoms with Crippen LogP contribution in [0, 0.1) is 5.41 Å². The summed E-state index contributed by atoms with van der Waals surface area (Å²) in [6.45, 7) is 4.08. The molecular formula is C14H18F3NO3. The second-order valence-corrected chi connectivity index (χ2v) is 5.55. The Balaban J connectivity index is 2.99. The molecule has 3 N–H and O–H groups in total. The number of aromatic carboxylic acids is 1. The van der Waals surface area contributed by atoms with Crippen molar-refractivity contribution in [1.29, 1.82) is 0 Å². The van der Waals surface area contributed by atoms with Crippen molar-refractivity contribution >= 4 is 11.7 Å². The maximum Gasteiger partial charge on any atom is 0.417 e. The number of aliphatic hydroxyl groups excluding tert-OH is 1. The molecule has 0 fully saturated rings. The van der Waals surface area contributed by atoms with Crippen LogP contribution in [0.3, 0.4) is 0 Å². The van der Waals surface area contributed by atoms with E-state index >= 15 is 0 Å². The van der Waals surface area contributed by atoms with Gasteiger partial charge in [-0.3, -0.25) is 0 Å². The highest BCUT2D eigenvalue weighted by Crippen LogP contribution is 2.34. The van der Waals surface area contributed by atoms with Crippen LogP contribution in [-0.2, 0) is 6.18 Å². The molecule has 0 saturated heterocycles. The molecule has 0 radical (unpaired) electrons. The predicted molar refractivity (Wildman–Crippen MR) is 72.4 cm³/mol. The number of carboxylic acids is 1. The van der Waals surface area contributed by atoms with E-state index in [0.717, 1.165) is 12.1 Å². The van der Waals surface area contributed by atoms with Crippen molar-refractivity contribution in [2.45, 2.75) is 26.4 Å². The fourth-order valence-electron chi connectivity index (χ4n) is 1.81. The van der Waals surface area contributed by atoms with Crippen molar-refractivity contribution in [2.24, 2.45) is 5.41 Å². The third-order valence-corrected chi connectivity index (χ3v) is 3.12. The number of alkyl halides is 3. The number of nitrogens with one attached hydrogen (secondary N) is 1. The first-order valence-corrected chi connectivity index (χ1v) is 6.36. The van der Waals surface area contributed by atoms with Gasteiger partial charge >= 0.3 is 12.1 Å². The lowest BCUT2D eigenvalue weighted by Crippen LogP contribution is -2.24. The summed E-state index contributed by atoms with van der Waals surface area (Å²) in [5, 5.41) is 20.6. The normalized spacial score (nSPS) is 12.3. The molecule has 21 heavy (non-hydrogen) atoms. The maximum atomic E-state index is 12.9. The summed E-state index contributed by atoms with van der Waals surface area (Å²) in [6.07, 6.45) is -4.23. The summed E-state index contributed by atoms with van der Waals surface area (Å²) in [5.41, 5.74) is -2.06. The fraction of sp³-hybridized carbons (Fsp3) is 0.500. The third kappa shape index (κ3) is 4.93. The Kier molecular flexibility index (Phi) is 5.22. The quantitative estimate of drug-likeness (QED) is 0.755. The number of hydrogen-bond acceptors (Lipinski definition) is 3. The lowest BCUT2D eigenvalue weighted by molar-refractivity contribution is -0.138. The second kappa shape index (κ2) is 6.34. The van der Waals surface area contributed by atoms with Crippen LogP contribution in [-0.4, -0.2) is 29.3 Å². The summed E-state index contributed by atoms with van der Waals surface area (Å²) in [7, 11) is 0. The van der Waals surface area contributed by atoms with E-state index in [2.05, 4.69) is 5.32 Å². The van der Waals surface area contributed by atoms with Gasteiger partial charge in [0, 0.05) is 18.8 Å². The Morgan fingerprint density at radius 1 is 1.29 bits per heavy atom. The van der Waals surface area contributed by atoms with E-state index in [1.807, 2.05) is 13.8 Å². The molecule has 0 saturated carbocycles. The minimum atomic E-state index is -4.73. The monoisotopic (exact) mass is 305 g/mol. The first-order chi connectivity index (χ1) is 9.57. The SMILES string of the molecule is CC(C)(CCO)CNc1ccc(C(=O)O)c(C(F)(F)F)c1. The van der Waals surface area contributed by atoms with E-state index in [1.165, 1.54) is 6.07 Å². The number of halogens is 3. The molecule has 0 amide bonds. The molecule has 0 unspecified atom stereocenters. The molecule has 0 aromatic heterocycles. The number of rotatable bonds is 6. The highest BCUT2D eigenvalue weighted by molar-refractivity contribution is 5.90. The van der Waals surface area contributed by atoms with E-state index in [-0.39, 0.29) is 17.7 Å². The number of carbonyl (C=O) groups is 1. The number of anilines is 1. The molecule has 0 atom stereocenters. The van der Waals surface area contributed by atoms with Crippen LogP contribution in [0.25, 0.3) is 0 Å². The van der Waals surface area contributed by atoms with Crippen LogP contribution in [0.4, 0.5) is 18.9 Å². The summed E-state index contributed by atoms with van der Waals surface area (Å²) in [5.74, 6) is -1.62. The average Bonchev–Trinajstić information content (AvgIpc) is 2.35. The van der Waals surface area contributed by atoms with E-state index < -0.39 is 23.3 Å². The van der Waals surface area contributed by atoms with Gasteiger partial charge in [-0.15, -0.1) is 0 Å². The molecule has 7 heteroatoms. The van der Waals surface area contributed by atoms with E-state index in [9.17, 15) is 18.0 Å². The number of aliphatic hydroxyl groups is 1. The molecule has 1 aromatic rings. The van der Waals surface area contributed by atoms with Crippen LogP contribution in [0.2, 0.25) is 0 Å². The van der Waals surface area contributed by atoms with Gasteiger partial charge in [0.2, 0.25) is 0 Å². The number of carboxylic acid groups (broad SMARTS) is 1. The summed E-state index contributed by atoms with van der Waals surface area (Å²) in [4.78, 5) is 10.8. The van der Waals surface area contributed by atoms with Crippen molar-refractivity contribution < 1.29 is 28.2 Å². The van der Waals surface area contributed by atoms with E-state index in [4.69, 9.17) is 10.2 Å². The summed E-state index contributed by atoms with van der Waals surface area (Å²) in [6, 6.07) is 3.03. The van der Waals surface area contributed by atoms with Crippen molar-refractivity contribution in [3.05, 3.63) is 29.3 Å². The molecule has 0 bridgehead atoms. The van der Waals surface area contributed by atoms with E-state index in [0.29, 0.717) is 13.0 Å². The molecule has 0 aliphatic carbocycles. The van der Waals surface area contributed by atoms with Crippen molar-refractivity contribution in [3.8, 4) is 0 Å². The molecule has 0 spiro atoms. The first-order valence-electron chi connectivity index (χ1n) is 6.36. The molecular weight excluding hydrogens is 287 g/mol. The van der Waals surface area contributed by atoms with Crippen molar-refractivity contribution in [2.75, 3.05) is 18.5 Å². The molecule has 1 aromatic carbocycles. The van der Waals surface area contributed by atoms with Gasteiger partial charge in [-0.25, -0.2) is 4.79 Å². The van der Waals surface area contributed by atoms with Crippen LogP contribution in [0.15, 0.2) is 18.2 Å². The summed E-state index contributed by atoms with van der Waals surface area (Å²) >= 11 is 0.